The highest BCUT2D eigenvalue weighted by Crippen LogP contribution is 2.41. The number of aromatic hydroxyl groups is 1. The lowest BCUT2D eigenvalue weighted by Gasteiger charge is -2.12. The molecule has 70 heavy (non-hydrogen) atoms. The molecule has 3 aromatic rings. The van der Waals surface area contributed by atoms with Crippen LogP contribution in [0.4, 0.5) is 21.9 Å². The number of nitrogens with zero attached hydrogens (tertiary/aromatic N) is 3. The van der Waals surface area contributed by atoms with Crippen LogP contribution in [-0.2, 0) is 28.5 Å². The van der Waals surface area contributed by atoms with Crippen LogP contribution in [0.2, 0.25) is 0 Å². The van der Waals surface area contributed by atoms with E-state index in [0.717, 1.165) is 37.7 Å². The van der Waals surface area contributed by atoms with Crippen LogP contribution in [0.3, 0.4) is 0 Å². The molecular weight excluding hydrogens is 921 g/mol. The number of aliphatic imine (C=N–C) groups is 1. The number of unbranched alkanes of at least 4 members (excludes halogenated alkanes) is 2. The first kappa shape index (κ1) is 58.3. The number of urea groups is 1. The molecule has 1 aliphatic rings. The number of aliphatic hydroxyl groups excluding tert-OH is 1. The molecule has 4 rings (SSSR count). The van der Waals surface area contributed by atoms with Crippen LogP contribution < -0.4 is 31.3 Å². The van der Waals surface area contributed by atoms with Gasteiger partial charge in [0.2, 0.25) is 6.41 Å². The zero-order valence-corrected chi connectivity index (χ0v) is 42.2. The first-order chi connectivity index (χ1) is 33.8. The van der Waals surface area contributed by atoms with Gasteiger partial charge in [-0.15, -0.1) is 0 Å². The van der Waals surface area contributed by atoms with E-state index in [2.05, 4.69) is 55.5 Å². The molecule has 4 amide bonds. The number of hydrogen-bond donors (Lipinski definition) is 7. The molecule has 0 unspecified atom stereocenters. The first-order valence-electron chi connectivity index (χ1n) is 23.3. The van der Waals surface area contributed by atoms with Crippen molar-refractivity contribution in [2.24, 2.45) is 4.99 Å². The quantitative estimate of drug-likeness (QED) is 0.0222. The summed E-state index contributed by atoms with van der Waals surface area (Å²) in [5.41, 5.74) is 2.11. The van der Waals surface area contributed by atoms with Gasteiger partial charge in [-0.1, -0.05) is 36.0 Å². The SMILES string of the molecule is CCOC(=O)C1=C(O)/C(=C/c2ccc(OCCOCCOCCOCCNC(=O)c3cc(NC=O)cc(NC(=O)NCCCCN(C)C)c3)c(O)c2)SC1=Nc1ccccc1.CNCCCCN(C)C. The van der Waals surface area contributed by atoms with Crippen molar-refractivity contribution < 1.29 is 53.1 Å². The number of nitrogens with one attached hydrogen (secondary N) is 5. The summed E-state index contributed by atoms with van der Waals surface area (Å²) in [5.74, 6) is -1.20. The van der Waals surface area contributed by atoms with Crippen LogP contribution in [0.15, 0.2) is 88.0 Å². The number of thioether (sulfide) groups is 1. The molecule has 19 nitrogen and oxygen atoms in total. The highest BCUT2D eigenvalue weighted by atomic mass is 32.2. The number of carbonyl (C=O) groups is 4. The number of phenols is 1. The number of anilines is 2. The van der Waals surface area contributed by atoms with E-state index in [4.69, 9.17) is 23.7 Å². The van der Waals surface area contributed by atoms with E-state index in [1.165, 1.54) is 37.6 Å². The summed E-state index contributed by atoms with van der Waals surface area (Å²) in [6, 6.07) is 18.0. The van der Waals surface area contributed by atoms with Gasteiger partial charge in [0.1, 0.15) is 23.0 Å². The molecule has 0 fully saturated rings. The van der Waals surface area contributed by atoms with Crippen molar-refractivity contribution in [1.29, 1.82) is 0 Å². The molecule has 0 saturated heterocycles. The second kappa shape index (κ2) is 34.3. The normalized spacial score (nSPS) is 13.3. The van der Waals surface area contributed by atoms with Crippen LogP contribution in [0, 0.1) is 0 Å². The van der Waals surface area contributed by atoms with Crippen LogP contribution in [0.1, 0.15) is 48.5 Å². The summed E-state index contributed by atoms with van der Waals surface area (Å²) >= 11 is 1.12. The zero-order chi connectivity index (χ0) is 50.9. The number of aliphatic hydroxyl groups is 1. The maximum absolute atomic E-state index is 12.8. The molecule has 0 atom stereocenters. The molecule has 0 aromatic heterocycles. The number of hydrogen-bond acceptors (Lipinski definition) is 16. The molecule has 0 bridgehead atoms. The molecule has 0 radical (unpaired) electrons. The lowest BCUT2D eigenvalue weighted by molar-refractivity contribution is -0.138. The lowest BCUT2D eigenvalue weighted by atomic mass is 10.1. The number of carbonyl (C=O) groups excluding carboxylic acids is 4. The van der Waals surface area contributed by atoms with Crippen molar-refractivity contribution >= 4 is 64.3 Å². The number of amides is 4. The summed E-state index contributed by atoms with van der Waals surface area (Å²) in [5, 5.41) is 35.7. The topological polar surface area (TPSA) is 234 Å². The summed E-state index contributed by atoms with van der Waals surface area (Å²) in [4.78, 5) is 58.1. The van der Waals surface area contributed by atoms with Gasteiger partial charge in [-0.25, -0.2) is 14.6 Å². The van der Waals surface area contributed by atoms with Crippen LogP contribution in [0.5, 0.6) is 11.5 Å². The Bertz CT molecular complexity index is 2160. The standard InChI is InChI=1S/C43H54N6O11S.C7H18N2/c1-4-59-42(54)38-39(52)37(61-41(38)47-32-10-6-5-7-11-32)25-30-12-13-36(35(51)24-30)60-23-22-58-21-20-57-19-18-56-17-15-44-40(53)31-26-33(46-29-50)28-34(27-31)48-43(55)45-14-8-9-16-49(2)3;1-8-6-4-5-7-9(2)3/h5-7,10-13,24-29,51-52H,4,8-9,14-23H2,1-3H3,(H,44,53)(H,46,50)(H2,45,48,55);8H,4-7H2,1-3H3/b37-25-,47-41?;. The first-order valence-corrected chi connectivity index (χ1v) is 24.1. The lowest BCUT2D eigenvalue weighted by Crippen LogP contribution is -2.30. The molecule has 1 aliphatic heterocycles. The fourth-order valence-corrected chi connectivity index (χ4v) is 7.28. The molecule has 0 aliphatic carbocycles. The molecule has 7 N–H and O–H groups in total. The number of rotatable bonds is 31. The molecule has 20 heteroatoms. The Balaban J connectivity index is 0.00000130. The van der Waals surface area contributed by atoms with E-state index in [-0.39, 0.29) is 61.4 Å². The Morgan fingerprint density at radius 3 is 2.01 bits per heavy atom. The molecule has 384 valence electrons. The highest BCUT2D eigenvalue weighted by molar-refractivity contribution is 8.18. The zero-order valence-electron chi connectivity index (χ0n) is 41.3. The number of ether oxygens (including phenoxy) is 5. The number of esters is 1. The fourth-order valence-electron chi connectivity index (χ4n) is 6.24. The van der Waals surface area contributed by atoms with E-state index >= 15 is 0 Å². The summed E-state index contributed by atoms with van der Waals surface area (Å²) in [6.45, 7) is 7.73. The van der Waals surface area contributed by atoms with Crippen molar-refractivity contribution in [1.82, 2.24) is 25.8 Å². The van der Waals surface area contributed by atoms with Gasteiger partial charge in [0.15, 0.2) is 11.5 Å². The van der Waals surface area contributed by atoms with E-state index in [9.17, 15) is 29.4 Å². The van der Waals surface area contributed by atoms with E-state index in [1.807, 2.05) is 39.3 Å². The molecule has 3 aromatic carbocycles. The number of phenolic OH excluding ortho intramolecular Hbond substituents is 1. The van der Waals surface area contributed by atoms with Gasteiger partial charge < -0.3 is 70.3 Å². The van der Waals surface area contributed by atoms with Gasteiger partial charge in [-0.2, -0.15) is 0 Å². The van der Waals surface area contributed by atoms with Crippen LogP contribution in [0.25, 0.3) is 6.08 Å². The third kappa shape index (κ3) is 23.5. The van der Waals surface area contributed by atoms with Gasteiger partial charge in [0, 0.05) is 30.0 Å². The average Bonchev–Trinajstić information content (AvgIpc) is 3.63. The van der Waals surface area contributed by atoms with E-state index in [1.54, 1.807) is 43.3 Å². The second-order valence-electron chi connectivity index (χ2n) is 16.0. The highest BCUT2D eigenvalue weighted by Gasteiger charge is 2.33. The smallest absolute Gasteiger partial charge is 0.344 e. The third-order valence-electron chi connectivity index (χ3n) is 9.68. The predicted octanol–water partition coefficient (Wildman–Crippen LogP) is 6.02. The largest absolute Gasteiger partial charge is 0.506 e. The van der Waals surface area contributed by atoms with Gasteiger partial charge in [0.05, 0.1) is 56.8 Å². The monoisotopic (exact) mass is 993 g/mol. The minimum Gasteiger partial charge on any atom is -0.506 e. The Kier molecular flexibility index (Phi) is 28.6. The average molecular weight is 993 g/mol. The maximum atomic E-state index is 12.8. The van der Waals surface area contributed by atoms with E-state index in [0.29, 0.717) is 72.0 Å². The number of benzene rings is 3. The third-order valence-corrected chi connectivity index (χ3v) is 10.7. The van der Waals surface area contributed by atoms with Crippen molar-refractivity contribution in [2.45, 2.75) is 32.6 Å². The minimum atomic E-state index is -0.679. The van der Waals surface area contributed by atoms with Crippen molar-refractivity contribution in [2.75, 3.05) is 131 Å². The van der Waals surface area contributed by atoms with Crippen molar-refractivity contribution in [3.63, 3.8) is 0 Å². The maximum Gasteiger partial charge on any atom is 0.344 e. The van der Waals surface area contributed by atoms with Gasteiger partial charge >= 0.3 is 12.0 Å². The predicted molar refractivity (Wildman–Crippen MR) is 276 cm³/mol. The fraction of sp³-hybridized carbons (Fsp3) is 0.460. The summed E-state index contributed by atoms with van der Waals surface area (Å²) in [7, 11) is 10.2. The Labute approximate surface area is 416 Å². The Hall–Kier alpha value is -6.00. The molecular formula is C50H72N8O11S. The molecule has 1 heterocycles. The van der Waals surface area contributed by atoms with Crippen LogP contribution >= 0.6 is 11.8 Å². The molecule has 0 spiro atoms. The van der Waals surface area contributed by atoms with Crippen LogP contribution in [-0.4, -0.2) is 170 Å². The Morgan fingerprint density at radius 2 is 1.39 bits per heavy atom. The number of para-hydroxylation sites is 1. The van der Waals surface area contributed by atoms with Crippen molar-refractivity contribution in [3.05, 3.63) is 94.1 Å². The minimum absolute atomic E-state index is 0.0201. The van der Waals surface area contributed by atoms with E-state index < -0.39 is 17.9 Å². The van der Waals surface area contributed by atoms with Crippen molar-refractivity contribution in [3.8, 4) is 11.5 Å². The summed E-state index contributed by atoms with van der Waals surface area (Å²) < 4.78 is 27.4. The van der Waals surface area contributed by atoms with Gasteiger partial charge in [-0.3, -0.25) is 9.59 Å². The summed E-state index contributed by atoms with van der Waals surface area (Å²) in [6.07, 6.45) is 6.47. The Morgan fingerprint density at radius 1 is 0.743 bits per heavy atom. The molecule has 0 saturated carbocycles. The van der Waals surface area contributed by atoms with Gasteiger partial charge in [-0.05, 0) is 142 Å². The second-order valence-corrected chi connectivity index (χ2v) is 17.1. The van der Waals surface area contributed by atoms with Gasteiger partial charge in [0.25, 0.3) is 5.91 Å².